The molecular formula is C32H31ClF2N4O4. The van der Waals surface area contributed by atoms with E-state index in [4.69, 9.17) is 16.3 Å². The van der Waals surface area contributed by atoms with Crippen LogP contribution in [-0.4, -0.2) is 55.0 Å². The molecule has 0 amide bonds. The van der Waals surface area contributed by atoms with Crippen molar-refractivity contribution >= 4 is 39.8 Å². The summed E-state index contributed by atoms with van der Waals surface area (Å²) in [6.45, 7) is 2.56. The lowest BCUT2D eigenvalue weighted by Crippen LogP contribution is -2.47. The summed E-state index contributed by atoms with van der Waals surface area (Å²) in [7, 11) is 1.51. The molecule has 0 bridgehead atoms. The minimum atomic E-state index is -1.43. The van der Waals surface area contributed by atoms with Crippen LogP contribution in [0.5, 0.6) is 5.75 Å². The van der Waals surface area contributed by atoms with Crippen LogP contribution in [0.2, 0.25) is 5.02 Å². The van der Waals surface area contributed by atoms with E-state index in [1.165, 1.54) is 36.4 Å². The Morgan fingerprint density at radius 2 is 1.74 bits per heavy atom. The Morgan fingerprint density at radius 1 is 1.05 bits per heavy atom. The number of hydrogen-bond donors (Lipinski definition) is 2. The monoisotopic (exact) mass is 608 g/mol. The van der Waals surface area contributed by atoms with Crippen molar-refractivity contribution in [3.63, 3.8) is 0 Å². The van der Waals surface area contributed by atoms with E-state index >= 15 is 4.39 Å². The second-order valence-electron chi connectivity index (χ2n) is 10.9. The van der Waals surface area contributed by atoms with Gasteiger partial charge in [-0.2, -0.15) is 0 Å². The van der Waals surface area contributed by atoms with Gasteiger partial charge in [-0.05, 0) is 60.9 Å². The molecule has 1 saturated carbocycles. The largest absolute Gasteiger partial charge is 0.495 e. The fourth-order valence-corrected chi connectivity index (χ4v) is 6.19. The molecular weight excluding hydrogens is 578 g/mol. The van der Waals surface area contributed by atoms with Gasteiger partial charge in [0.1, 0.15) is 22.9 Å². The number of ether oxygens (including phenoxy) is 1. The first-order valence-electron chi connectivity index (χ1n) is 14.2. The van der Waals surface area contributed by atoms with Gasteiger partial charge in [0.15, 0.2) is 0 Å². The van der Waals surface area contributed by atoms with E-state index < -0.39 is 22.8 Å². The standard InChI is InChI=1S/C32H31ClF2N4O4/c1-43-27-15-19(17-36-21-3-2-4-21)5-10-26(27)39-18-24(32(41)42)31(40)23-16-25(35)30(28(33)29(23)39)38-13-11-37(12-14-38)22-8-6-20(34)7-9-22/h5-10,15-16,18,21,36H,2-4,11-14,17H2,1H3,(H,41,42). The first-order chi connectivity index (χ1) is 20.7. The van der Waals surface area contributed by atoms with E-state index in [1.807, 2.05) is 17.0 Å². The Kier molecular flexibility index (Phi) is 7.98. The molecule has 0 spiro atoms. The van der Waals surface area contributed by atoms with Gasteiger partial charge in [-0.15, -0.1) is 0 Å². The van der Waals surface area contributed by atoms with Crippen LogP contribution in [0.15, 0.2) is 59.5 Å². The van der Waals surface area contributed by atoms with E-state index in [2.05, 4.69) is 10.2 Å². The highest BCUT2D eigenvalue weighted by molar-refractivity contribution is 6.38. The number of piperazine rings is 1. The maximum absolute atomic E-state index is 15.8. The van der Waals surface area contributed by atoms with Crippen LogP contribution < -0.4 is 25.3 Å². The zero-order chi connectivity index (χ0) is 30.2. The van der Waals surface area contributed by atoms with Crippen LogP contribution in [0.1, 0.15) is 35.2 Å². The minimum Gasteiger partial charge on any atom is -0.495 e. The zero-order valence-corrected chi connectivity index (χ0v) is 24.3. The van der Waals surface area contributed by atoms with E-state index in [1.54, 1.807) is 18.2 Å². The Hall–Kier alpha value is -4.15. The molecule has 3 aromatic carbocycles. The summed E-state index contributed by atoms with van der Waals surface area (Å²) in [6, 6.07) is 13.3. The average Bonchev–Trinajstić information content (AvgIpc) is 2.97. The van der Waals surface area contributed by atoms with E-state index in [0.717, 1.165) is 30.2 Å². The van der Waals surface area contributed by atoms with Crippen molar-refractivity contribution in [1.29, 1.82) is 0 Å². The number of methoxy groups -OCH3 is 1. The van der Waals surface area contributed by atoms with Crippen molar-refractivity contribution in [3.8, 4) is 11.4 Å². The summed E-state index contributed by atoms with van der Waals surface area (Å²) in [5.41, 5.74) is 1.28. The Bertz CT molecular complexity index is 1750. The summed E-state index contributed by atoms with van der Waals surface area (Å²) in [6.07, 6.45) is 4.74. The van der Waals surface area contributed by atoms with E-state index in [0.29, 0.717) is 50.2 Å². The Labute approximate surface area is 252 Å². The number of rotatable bonds is 8. The number of anilines is 2. The smallest absolute Gasteiger partial charge is 0.341 e. The molecule has 1 aliphatic heterocycles. The quantitative estimate of drug-likeness (QED) is 0.269. The number of hydrogen-bond acceptors (Lipinski definition) is 6. The molecule has 2 N–H and O–H groups in total. The molecule has 1 saturated heterocycles. The van der Waals surface area contributed by atoms with Crippen molar-refractivity contribution in [2.45, 2.75) is 31.8 Å². The number of nitrogens with one attached hydrogen (secondary N) is 1. The SMILES string of the molecule is COc1cc(CNC2CCC2)ccc1-n1cc(C(=O)O)c(=O)c2cc(F)c(N3CCN(c4ccc(F)cc4)CC3)c(Cl)c21. The topological polar surface area (TPSA) is 87.0 Å². The third kappa shape index (κ3) is 5.52. The van der Waals surface area contributed by atoms with Gasteiger partial charge in [0.2, 0.25) is 5.43 Å². The highest BCUT2D eigenvalue weighted by Gasteiger charge is 2.27. The van der Waals surface area contributed by atoms with Crippen molar-refractivity contribution < 1.29 is 23.4 Å². The summed E-state index contributed by atoms with van der Waals surface area (Å²) >= 11 is 6.95. The van der Waals surface area contributed by atoms with E-state index in [-0.39, 0.29) is 27.4 Å². The maximum Gasteiger partial charge on any atom is 0.341 e. The molecule has 43 heavy (non-hydrogen) atoms. The summed E-state index contributed by atoms with van der Waals surface area (Å²) in [5, 5.41) is 13.2. The normalized spacial score (nSPS) is 15.5. The number of benzene rings is 3. The number of carbonyl (C=O) groups is 1. The predicted molar refractivity (Wildman–Crippen MR) is 163 cm³/mol. The molecule has 8 nitrogen and oxygen atoms in total. The average molecular weight is 609 g/mol. The molecule has 2 fully saturated rings. The van der Waals surface area contributed by atoms with Gasteiger partial charge in [-0.25, -0.2) is 13.6 Å². The number of aromatic nitrogens is 1. The summed E-state index contributed by atoms with van der Waals surface area (Å²) in [4.78, 5) is 29.2. The van der Waals surface area contributed by atoms with Crippen molar-refractivity contribution in [1.82, 2.24) is 9.88 Å². The highest BCUT2D eigenvalue weighted by Crippen LogP contribution is 2.39. The lowest BCUT2D eigenvalue weighted by Gasteiger charge is -2.38. The highest BCUT2D eigenvalue weighted by atomic mass is 35.5. The molecule has 0 radical (unpaired) electrons. The third-order valence-corrected chi connectivity index (χ3v) is 8.74. The Morgan fingerprint density at radius 3 is 2.37 bits per heavy atom. The number of carboxylic acids is 1. The van der Waals surface area contributed by atoms with Crippen LogP contribution in [0, 0.1) is 11.6 Å². The van der Waals surface area contributed by atoms with E-state index in [9.17, 15) is 19.1 Å². The number of pyridine rings is 1. The minimum absolute atomic E-state index is 0.00273. The third-order valence-electron chi connectivity index (χ3n) is 8.38. The van der Waals surface area contributed by atoms with Gasteiger partial charge in [0.25, 0.3) is 0 Å². The number of aromatic carboxylic acids is 1. The lowest BCUT2D eigenvalue weighted by atomic mass is 9.93. The molecule has 2 heterocycles. The summed E-state index contributed by atoms with van der Waals surface area (Å²) < 4.78 is 36.4. The second-order valence-corrected chi connectivity index (χ2v) is 11.3. The van der Waals surface area contributed by atoms with Crippen LogP contribution in [0.25, 0.3) is 16.6 Å². The van der Waals surface area contributed by atoms with Gasteiger partial charge >= 0.3 is 5.97 Å². The van der Waals surface area contributed by atoms with Crippen LogP contribution >= 0.6 is 11.6 Å². The maximum atomic E-state index is 15.8. The molecule has 11 heteroatoms. The van der Waals surface area contributed by atoms with Gasteiger partial charge in [0.05, 0.1) is 34.4 Å². The van der Waals surface area contributed by atoms with Crippen molar-refractivity contribution in [3.05, 3.63) is 92.7 Å². The van der Waals surface area contributed by atoms with Crippen LogP contribution in [0.3, 0.4) is 0 Å². The first kappa shape index (κ1) is 28.9. The zero-order valence-electron chi connectivity index (χ0n) is 23.6. The number of carboxylic acid groups (broad SMARTS) is 1. The number of fused-ring (bicyclic) bond motifs is 1. The fourth-order valence-electron chi connectivity index (χ4n) is 5.78. The lowest BCUT2D eigenvalue weighted by molar-refractivity contribution is 0.0695. The number of halogens is 3. The molecule has 0 unspecified atom stereocenters. The first-order valence-corrected chi connectivity index (χ1v) is 14.6. The van der Waals surface area contributed by atoms with Crippen molar-refractivity contribution in [2.75, 3.05) is 43.1 Å². The van der Waals surface area contributed by atoms with Crippen molar-refractivity contribution in [2.24, 2.45) is 0 Å². The van der Waals surface area contributed by atoms with Crippen LogP contribution in [0.4, 0.5) is 20.2 Å². The predicted octanol–water partition coefficient (Wildman–Crippen LogP) is 5.60. The Balaban J connectivity index is 1.41. The molecule has 4 aromatic rings. The van der Waals surface area contributed by atoms with Gasteiger partial charge in [-0.1, -0.05) is 24.1 Å². The van der Waals surface area contributed by atoms with Gasteiger partial charge in [0, 0.05) is 50.6 Å². The molecule has 1 aliphatic carbocycles. The van der Waals surface area contributed by atoms with Crippen LogP contribution in [-0.2, 0) is 6.54 Å². The van der Waals surface area contributed by atoms with Gasteiger partial charge < -0.3 is 29.5 Å². The molecule has 2 aliphatic rings. The second kappa shape index (κ2) is 11.9. The molecule has 1 aromatic heterocycles. The summed E-state index contributed by atoms with van der Waals surface area (Å²) in [5.74, 6) is -2.02. The molecule has 0 atom stereocenters. The number of nitrogens with zero attached hydrogens (tertiary/aromatic N) is 3. The molecule has 224 valence electrons. The molecule has 6 rings (SSSR count). The fraction of sp³-hybridized carbons (Fsp3) is 0.312. The van der Waals surface area contributed by atoms with Gasteiger partial charge in [-0.3, -0.25) is 4.79 Å².